The fourth-order valence-corrected chi connectivity index (χ4v) is 28.4. The quantitative estimate of drug-likeness (QED) is 0.127. The molecule has 2 aliphatic carbocycles. The molecule has 1 nitrogen and oxygen atoms in total. The van der Waals surface area contributed by atoms with Gasteiger partial charge in [0.1, 0.15) is 0 Å². The van der Waals surface area contributed by atoms with Crippen LogP contribution in [0.3, 0.4) is 0 Å². The standard InChI is InChI=1S/C72H13OP/c73-74(13-7-3-1-4-8-13,14-9-5-2-6-10-14)72-12-17-18-15-11-16-20-24-19(15)26-29-23(18)30-27-21(17)67-64-34(27)41-44-37(30)36(29)43-40-33(26)31(24)38-32-25(20)28-22(16)70(72)68-65-35(28)42-39(32)46-45(38)47(40)51-49(43)50(44)53-48(41)60-59-57-55(53)54(51)52(46)56(57)58(42)61(65)62(59)66(63(60)64)69(68)71(67)72/h1-11H,12H2. The van der Waals surface area contributed by atoms with Gasteiger partial charge >= 0.3 is 0 Å². The summed E-state index contributed by atoms with van der Waals surface area (Å²) in [4.78, 5) is 0. The Balaban J connectivity index is 1.15. The minimum absolute atomic E-state index is 0.731. The van der Waals surface area contributed by atoms with Crippen molar-refractivity contribution < 1.29 is 4.57 Å². The van der Waals surface area contributed by atoms with Crippen LogP contribution in [0.2, 0.25) is 0 Å². The molecule has 30 aromatic rings. The van der Waals surface area contributed by atoms with Crippen molar-refractivity contribution in [1.82, 2.24) is 0 Å². The lowest BCUT2D eigenvalue weighted by atomic mass is 9.76. The van der Waals surface area contributed by atoms with Gasteiger partial charge in [-0.2, -0.15) is 0 Å². The fourth-order valence-electron chi connectivity index (χ4n) is 24.6. The first-order chi connectivity index (χ1) is 36.8. The Kier molecular flexibility index (Phi) is 2.71. The highest BCUT2D eigenvalue weighted by Gasteiger charge is 2.63. The van der Waals surface area contributed by atoms with E-state index in [4.69, 9.17) is 0 Å². The Morgan fingerprint density at radius 1 is 0.243 bits per heavy atom. The van der Waals surface area contributed by atoms with E-state index >= 15 is 4.57 Å². The van der Waals surface area contributed by atoms with Gasteiger partial charge in [-0.25, -0.2) is 0 Å². The summed E-state index contributed by atoms with van der Waals surface area (Å²) in [6.07, 6.45) is 0.731. The Bertz CT molecular complexity index is 7780. The van der Waals surface area contributed by atoms with Gasteiger partial charge in [0.15, 0.2) is 7.14 Å². The lowest BCUT2D eigenvalue weighted by molar-refractivity contribution is 0.561. The molecule has 0 heterocycles. The first kappa shape index (κ1) is 29.0. The Labute approximate surface area is 405 Å². The molecule has 0 aromatic heterocycles. The molecule has 2 heteroatoms. The van der Waals surface area contributed by atoms with E-state index in [0.29, 0.717) is 0 Å². The second-order valence-corrected chi connectivity index (χ2v) is 29.0. The molecule has 0 aliphatic heterocycles. The molecule has 0 fully saturated rings. The van der Waals surface area contributed by atoms with Crippen LogP contribution >= 0.6 is 7.14 Å². The first-order valence-corrected chi connectivity index (χ1v) is 28.9. The predicted molar refractivity (Wildman–Crippen MR) is 317 cm³/mol. The molecule has 1 unspecified atom stereocenters. The van der Waals surface area contributed by atoms with E-state index in [1.807, 2.05) is 0 Å². The lowest BCUT2D eigenvalue weighted by Gasteiger charge is -2.44. The third kappa shape index (κ3) is 1.68. The maximum atomic E-state index is 19.1. The molecule has 0 saturated carbocycles. The Morgan fingerprint density at radius 2 is 0.473 bits per heavy atom. The third-order valence-electron chi connectivity index (χ3n) is 25.3. The summed E-state index contributed by atoms with van der Waals surface area (Å²) in [5.74, 6) is 0. The third-order valence-corrected chi connectivity index (χ3v) is 29.0. The van der Waals surface area contributed by atoms with Crippen molar-refractivity contribution >= 4 is 309 Å². The normalized spacial score (nSPS) is 19.1. The molecule has 2 aliphatic rings. The van der Waals surface area contributed by atoms with E-state index < -0.39 is 12.3 Å². The molecule has 0 N–H and O–H groups in total. The summed E-state index contributed by atoms with van der Waals surface area (Å²) in [6, 6.07) is 24.9. The number of hydrogen-bond donors (Lipinski definition) is 0. The molecule has 312 valence electrons. The lowest BCUT2D eigenvalue weighted by Crippen LogP contribution is -2.39. The fraction of sp³-hybridized carbons (Fsp3) is 0.0278. The van der Waals surface area contributed by atoms with Crippen LogP contribution in [0.1, 0.15) is 16.7 Å². The van der Waals surface area contributed by atoms with Crippen LogP contribution in [-0.4, -0.2) is 0 Å². The summed E-state index contributed by atoms with van der Waals surface area (Å²) in [5.41, 5.74) is 4.36. The molecule has 0 spiro atoms. The van der Waals surface area contributed by atoms with Crippen molar-refractivity contribution in [2.75, 3.05) is 0 Å². The van der Waals surface area contributed by atoms with E-state index in [9.17, 15) is 0 Å². The Morgan fingerprint density at radius 3 is 0.824 bits per heavy atom. The molecule has 1 atom stereocenters. The molecular formula is C72H13OP. The highest BCUT2D eigenvalue weighted by atomic mass is 31.2. The minimum atomic E-state index is -3.70. The topological polar surface area (TPSA) is 17.1 Å². The average Bonchev–Trinajstić information content (AvgIpc) is 4.48. The van der Waals surface area contributed by atoms with Crippen LogP contribution in [0.4, 0.5) is 0 Å². The van der Waals surface area contributed by atoms with E-state index in [-0.39, 0.29) is 0 Å². The maximum absolute atomic E-state index is 19.1. The highest BCUT2D eigenvalue weighted by Crippen LogP contribution is 2.83. The summed E-state index contributed by atoms with van der Waals surface area (Å²) >= 11 is 0. The number of fused-ring (bicyclic) bond motifs is 5. The van der Waals surface area contributed by atoms with Gasteiger partial charge in [-0.1, -0.05) is 60.7 Å². The van der Waals surface area contributed by atoms with Crippen LogP contribution in [0.5, 0.6) is 0 Å². The van der Waals surface area contributed by atoms with Gasteiger partial charge in [0, 0.05) is 10.6 Å². The van der Waals surface area contributed by atoms with Gasteiger partial charge in [0.25, 0.3) is 0 Å². The number of hydrogen-bond acceptors (Lipinski definition) is 1. The number of rotatable bonds is 3. The van der Waals surface area contributed by atoms with Crippen molar-refractivity contribution in [3.8, 4) is 0 Å². The first-order valence-electron chi connectivity index (χ1n) is 27.2. The average molecular weight is 925 g/mol. The molecule has 74 heavy (non-hydrogen) atoms. The Hall–Kier alpha value is -8.87. The molecule has 30 aromatic carbocycles. The number of benzene rings is 20. The van der Waals surface area contributed by atoms with Crippen molar-refractivity contribution in [3.63, 3.8) is 0 Å². The van der Waals surface area contributed by atoms with Gasteiger partial charge in [-0.3, -0.25) is 0 Å². The zero-order valence-electron chi connectivity index (χ0n) is 37.9. The maximum Gasteiger partial charge on any atom is 0.157 e. The minimum Gasteiger partial charge on any atom is -0.312 e. The smallest absolute Gasteiger partial charge is 0.157 e. The van der Waals surface area contributed by atoms with Gasteiger partial charge in [-0.05, 0) is 320 Å². The predicted octanol–water partition coefficient (Wildman–Crippen LogP) is 19.2. The van der Waals surface area contributed by atoms with Gasteiger partial charge in [-0.15, -0.1) is 0 Å². The second-order valence-electron chi connectivity index (χ2n) is 26.0. The molecule has 0 saturated heterocycles. The van der Waals surface area contributed by atoms with Crippen LogP contribution < -0.4 is 10.6 Å². The van der Waals surface area contributed by atoms with E-state index in [1.54, 1.807) is 215 Å². The molecule has 0 amide bonds. The summed E-state index contributed by atoms with van der Waals surface area (Å²) in [7, 11) is -3.70. The zero-order chi connectivity index (χ0) is 44.5. The van der Waals surface area contributed by atoms with Gasteiger partial charge in [0.05, 0.1) is 5.16 Å². The van der Waals surface area contributed by atoms with Crippen molar-refractivity contribution in [1.29, 1.82) is 0 Å². The highest BCUT2D eigenvalue weighted by molar-refractivity contribution is 7.80. The SMILES string of the molecule is O=P(c1ccccc1)(c1ccccc1)C12Cc3c4c5c1c1c6c2c2c7cc8c3c3c9c4c4c5c5c1c1c%10c6c6c2c2c7c7c8c8c3c3c9c9c4c4c5c1c1c5c%10c6c6c2c2c7c8c7c3c3c9c4c1c1c5c6c2c7c31. The van der Waals surface area contributed by atoms with E-state index in [2.05, 4.69) is 66.7 Å². The molecular weight excluding hydrogens is 912 g/mol. The van der Waals surface area contributed by atoms with E-state index in [0.717, 1.165) is 17.0 Å². The van der Waals surface area contributed by atoms with Crippen LogP contribution in [0.15, 0.2) is 66.7 Å². The molecule has 0 bridgehead atoms. The van der Waals surface area contributed by atoms with Gasteiger partial charge < -0.3 is 4.57 Å². The van der Waals surface area contributed by atoms with Crippen molar-refractivity contribution in [3.05, 3.63) is 83.4 Å². The zero-order valence-corrected chi connectivity index (χ0v) is 38.8. The summed E-state index contributed by atoms with van der Waals surface area (Å²) in [6.45, 7) is 0. The monoisotopic (exact) mass is 924 g/mol. The van der Waals surface area contributed by atoms with Crippen LogP contribution in [-0.2, 0) is 16.1 Å². The second kappa shape index (κ2) is 6.92. The van der Waals surface area contributed by atoms with Crippen LogP contribution in [0, 0.1) is 0 Å². The summed E-state index contributed by atoms with van der Waals surface area (Å²) in [5, 5.41) is 85.4. The van der Waals surface area contributed by atoms with E-state index in [1.165, 1.54) is 92.1 Å². The summed E-state index contributed by atoms with van der Waals surface area (Å²) < 4.78 is 19.1. The van der Waals surface area contributed by atoms with Crippen molar-refractivity contribution in [2.45, 2.75) is 11.6 Å². The van der Waals surface area contributed by atoms with Crippen molar-refractivity contribution in [2.24, 2.45) is 0 Å². The van der Waals surface area contributed by atoms with Gasteiger partial charge in [0.2, 0.25) is 0 Å². The molecule has 32 rings (SSSR count). The van der Waals surface area contributed by atoms with Crippen LogP contribution in [0.25, 0.3) is 291 Å². The molecule has 0 radical (unpaired) electrons. The largest absolute Gasteiger partial charge is 0.312 e.